The van der Waals surface area contributed by atoms with E-state index >= 15 is 0 Å². The molecule has 1 amide bonds. The van der Waals surface area contributed by atoms with Crippen LogP contribution < -0.4 is 10.2 Å². The Bertz CT molecular complexity index is 509. The first-order valence-electron chi connectivity index (χ1n) is 7.14. The zero-order valence-electron chi connectivity index (χ0n) is 12.3. The first-order chi connectivity index (χ1) is 9.51. The molecule has 0 saturated carbocycles. The Morgan fingerprint density at radius 1 is 1.50 bits per heavy atom. The van der Waals surface area contributed by atoms with Crippen molar-refractivity contribution in [3.63, 3.8) is 0 Å². The van der Waals surface area contributed by atoms with Crippen LogP contribution in [0.3, 0.4) is 0 Å². The summed E-state index contributed by atoms with van der Waals surface area (Å²) < 4.78 is 0. The van der Waals surface area contributed by atoms with Crippen LogP contribution in [0.2, 0.25) is 0 Å². The molecule has 20 heavy (non-hydrogen) atoms. The number of hydrogen-bond acceptors (Lipinski definition) is 3. The highest BCUT2D eigenvalue weighted by Gasteiger charge is 2.32. The van der Waals surface area contributed by atoms with Crippen molar-refractivity contribution in [3.8, 4) is 6.07 Å². The van der Waals surface area contributed by atoms with Gasteiger partial charge in [0.1, 0.15) is 11.1 Å². The zero-order chi connectivity index (χ0) is 14.7. The number of anilines is 1. The molecular formula is C15H22N3OS+. The van der Waals surface area contributed by atoms with Gasteiger partial charge in [0, 0.05) is 11.8 Å². The monoisotopic (exact) mass is 292 g/mol. The number of carbonyl (C=O) groups is 1. The van der Waals surface area contributed by atoms with Crippen LogP contribution >= 0.6 is 11.3 Å². The molecule has 1 aliphatic rings. The molecule has 1 aromatic heterocycles. The second-order valence-electron chi connectivity index (χ2n) is 6.00. The van der Waals surface area contributed by atoms with Gasteiger partial charge in [-0.3, -0.25) is 4.79 Å². The third-order valence-electron chi connectivity index (χ3n) is 4.05. The lowest BCUT2D eigenvalue weighted by Crippen LogP contribution is -3.18. The number of nitriles is 1. The number of nitrogens with zero attached hydrogens (tertiary/aromatic N) is 1. The summed E-state index contributed by atoms with van der Waals surface area (Å²) >= 11 is 1.40. The molecule has 0 spiro atoms. The molecule has 0 bridgehead atoms. The summed E-state index contributed by atoms with van der Waals surface area (Å²) in [6.45, 7) is 8.60. The fourth-order valence-corrected chi connectivity index (χ4v) is 3.83. The highest BCUT2D eigenvalue weighted by molar-refractivity contribution is 7.14. The maximum absolute atomic E-state index is 12.4. The fraction of sp³-hybridized carbons (Fsp3) is 0.600. The number of quaternary nitrogens is 1. The van der Waals surface area contributed by atoms with Crippen LogP contribution in [0.4, 0.5) is 5.00 Å². The van der Waals surface area contributed by atoms with E-state index in [0.29, 0.717) is 22.4 Å². The first kappa shape index (κ1) is 15.0. The summed E-state index contributed by atoms with van der Waals surface area (Å²) in [5.41, 5.74) is 0.547. The van der Waals surface area contributed by atoms with Crippen molar-refractivity contribution >= 4 is 22.2 Å². The quantitative estimate of drug-likeness (QED) is 0.887. The van der Waals surface area contributed by atoms with Gasteiger partial charge in [-0.15, -0.1) is 11.3 Å². The highest BCUT2D eigenvalue weighted by atomic mass is 32.1. The summed E-state index contributed by atoms with van der Waals surface area (Å²) in [4.78, 5) is 13.7. The lowest BCUT2D eigenvalue weighted by molar-refractivity contribution is -0.925. The average Bonchev–Trinajstić information content (AvgIpc) is 2.83. The molecule has 0 aromatic carbocycles. The minimum absolute atomic E-state index is 0.0141. The molecule has 0 unspecified atom stereocenters. The molecule has 2 heterocycles. The highest BCUT2D eigenvalue weighted by Crippen LogP contribution is 2.22. The molecule has 2 N–H and O–H groups in total. The fourth-order valence-electron chi connectivity index (χ4n) is 3.09. The van der Waals surface area contributed by atoms with Gasteiger partial charge < -0.3 is 10.2 Å². The molecule has 3 atom stereocenters. The normalized spacial score (nSPS) is 27.6. The molecular weight excluding hydrogens is 270 g/mol. The Labute approximate surface area is 124 Å². The summed E-state index contributed by atoms with van der Waals surface area (Å²) in [6.07, 6.45) is 1.25. The van der Waals surface area contributed by atoms with Crippen molar-refractivity contribution < 1.29 is 9.69 Å². The lowest BCUT2D eigenvalue weighted by Gasteiger charge is -2.35. The molecule has 1 saturated heterocycles. The van der Waals surface area contributed by atoms with Gasteiger partial charge in [0.05, 0.1) is 18.7 Å². The van der Waals surface area contributed by atoms with Gasteiger partial charge in [-0.1, -0.05) is 13.8 Å². The van der Waals surface area contributed by atoms with Gasteiger partial charge in [-0.2, -0.15) is 5.26 Å². The topological polar surface area (TPSA) is 57.3 Å². The van der Waals surface area contributed by atoms with Crippen molar-refractivity contribution in [2.75, 3.05) is 18.4 Å². The predicted molar refractivity (Wildman–Crippen MR) is 80.8 cm³/mol. The number of nitrogens with one attached hydrogen (secondary N) is 2. The van der Waals surface area contributed by atoms with Gasteiger partial charge >= 0.3 is 0 Å². The third-order valence-corrected chi connectivity index (χ3v) is 4.88. The van der Waals surface area contributed by atoms with Gasteiger partial charge in [0.15, 0.2) is 6.04 Å². The SMILES string of the molecule is C[C@@H]1C[C@@H](C)C[NH+]([C@@H](C)C(=O)Nc2sccc2C#N)C1. The minimum atomic E-state index is -0.0751. The lowest BCUT2D eigenvalue weighted by atomic mass is 9.91. The number of likely N-dealkylation sites (tertiary alicyclic amines) is 1. The zero-order valence-corrected chi connectivity index (χ0v) is 13.1. The summed E-state index contributed by atoms with van der Waals surface area (Å²) in [6, 6.07) is 3.77. The van der Waals surface area contributed by atoms with Gasteiger partial charge in [0.2, 0.25) is 0 Å². The van der Waals surface area contributed by atoms with E-state index in [4.69, 9.17) is 5.26 Å². The molecule has 108 valence electrons. The van der Waals surface area contributed by atoms with Crippen molar-refractivity contribution in [2.24, 2.45) is 11.8 Å². The van der Waals surface area contributed by atoms with E-state index < -0.39 is 0 Å². The molecule has 1 aromatic rings. The molecule has 5 heteroatoms. The van der Waals surface area contributed by atoms with E-state index in [1.165, 1.54) is 22.7 Å². The van der Waals surface area contributed by atoms with E-state index in [0.717, 1.165) is 13.1 Å². The number of amides is 1. The van der Waals surface area contributed by atoms with E-state index in [1.54, 1.807) is 6.07 Å². The van der Waals surface area contributed by atoms with E-state index in [-0.39, 0.29) is 11.9 Å². The van der Waals surface area contributed by atoms with Crippen molar-refractivity contribution in [1.29, 1.82) is 5.26 Å². The maximum atomic E-state index is 12.4. The average molecular weight is 292 g/mol. The molecule has 1 fully saturated rings. The maximum Gasteiger partial charge on any atom is 0.283 e. The first-order valence-corrected chi connectivity index (χ1v) is 8.02. The van der Waals surface area contributed by atoms with Gasteiger partial charge in [-0.25, -0.2) is 0 Å². The molecule has 0 radical (unpaired) electrons. The number of piperidine rings is 1. The van der Waals surface area contributed by atoms with E-state index in [2.05, 4.69) is 25.2 Å². The smallest absolute Gasteiger partial charge is 0.283 e. The summed E-state index contributed by atoms with van der Waals surface area (Å²) in [7, 11) is 0. The van der Waals surface area contributed by atoms with Gasteiger partial charge in [-0.05, 0) is 24.8 Å². The van der Waals surface area contributed by atoms with Crippen LogP contribution in [0, 0.1) is 23.2 Å². The van der Waals surface area contributed by atoms with Crippen LogP contribution in [-0.4, -0.2) is 25.0 Å². The van der Waals surface area contributed by atoms with Crippen molar-refractivity contribution in [3.05, 3.63) is 17.0 Å². The van der Waals surface area contributed by atoms with Crippen LogP contribution in [-0.2, 0) is 4.79 Å². The standard InChI is InChI=1S/C15H21N3OS/c1-10-6-11(2)9-18(8-10)12(3)14(19)17-15-13(7-16)4-5-20-15/h4-5,10-12H,6,8-9H2,1-3H3,(H,17,19)/p+1/t10-,11-,12+/m1/s1. The van der Waals surface area contributed by atoms with Crippen LogP contribution in [0.1, 0.15) is 32.8 Å². The number of carbonyl (C=O) groups excluding carboxylic acids is 1. The molecule has 1 aliphatic heterocycles. The van der Waals surface area contributed by atoms with Crippen LogP contribution in [0.15, 0.2) is 11.4 Å². The number of thiophene rings is 1. The van der Waals surface area contributed by atoms with Crippen molar-refractivity contribution in [2.45, 2.75) is 33.2 Å². The summed E-state index contributed by atoms with van der Waals surface area (Å²) in [5.74, 6) is 1.35. The van der Waals surface area contributed by atoms with E-state index in [9.17, 15) is 4.79 Å². The Hall–Kier alpha value is -1.38. The molecule has 2 rings (SSSR count). The van der Waals surface area contributed by atoms with Gasteiger partial charge in [0.25, 0.3) is 5.91 Å². The second-order valence-corrected chi connectivity index (χ2v) is 6.91. The predicted octanol–water partition coefficient (Wildman–Crippen LogP) is 1.51. The Morgan fingerprint density at radius 2 is 2.15 bits per heavy atom. The third kappa shape index (κ3) is 3.38. The van der Waals surface area contributed by atoms with E-state index in [1.807, 2.05) is 12.3 Å². The number of rotatable bonds is 3. The Kier molecular flexibility index (Phi) is 4.79. The summed E-state index contributed by atoms with van der Waals surface area (Å²) in [5, 5.41) is 14.4. The number of hydrogen-bond donors (Lipinski definition) is 2. The van der Waals surface area contributed by atoms with Crippen molar-refractivity contribution in [1.82, 2.24) is 0 Å². The second kappa shape index (κ2) is 6.38. The molecule has 4 nitrogen and oxygen atoms in total. The minimum Gasteiger partial charge on any atom is -0.324 e. The Balaban J connectivity index is 2.00. The largest absolute Gasteiger partial charge is 0.324 e. The van der Waals surface area contributed by atoms with Crippen LogP contribution in [0.5, 0.6) is 0 Å². The van der Waals surface area contributed by atoms with Crippen LogP contribution in [0.25, 0.3) is 0 Å². The molecule has 0 aliphatic carbocycles. The Morgan fingerprint density at radius 3 is 2.75 bits per heavy atom.